The summed E-state index contributed by atoms with van der Waals surface area (Å²) in [6, 6.07) is 0. The molecular formula is C11H20O4. The van der Waals surface area contributed by atoms with E-state index in [4.69, 9.17) is 14.6 Å². The molecule has 0 aliphatic rings. The third-order valence-corrected chi connectivity index (χ3v) is 2.24. The van der Waals surface area contributed by atoms with E-state index < -0.39 is 11.7 Å². The molecule has 0 aliphatic heterocycles. The first-order valence-corrected chi connectivity index (χ1v) is 5.03. The van der Waals surface area contributed by atoms with Gasteiger partial charge in [0, 0.05) is 0 Å². The van der Waals surface area contributed by atoms with Crippen molar-refractivity contribution in [3.8, 4) is 0 Å². The second kappa shape index (κ2) is 6.58. The molecule has 0 rings (SSSR count). The van der Waals surface area contributed by atoms with Crippen molar-refractivity contribution in [2.24, 2.45) is 5.41 Å². The molecule has 0 heterocycles. The lowest BCUT2D eigenvalue weighted by molar-refractivity contribution is -0.158. The molecule has 0 aromatic rings. The summed E-state index contributed by atoms with van der Waals surface area (Å²) in [5.74, 6) is -0.248. The fourth-order valence-electron chi connectivity index (χ4n) is 0.711. The molecule has 1 unspecified atom stereocenters. The lowest BCUT2D eigenvalue weighted by Crippen LogP contribution is -2.27. The molecule has 0 saturated heterocycles. The third kappa shape index (κ3) is 5.54. The molecule has 0 saturated carbocycles. The maximum Gasteiger partial charge on any atom is 0.311 e. The van der Waals surface area contributed by atoms with Crippen LogP contribution in [0.1, 0.15) is 27.2 Å². The smallest absolute Gasteiger partial charge is 0.311 e. The van der Waals surface area contributed by atoms with Crippen LogP contribution in [0.2, 0.25) is 0 Å². The normalized spacial score (nSPS) is 13.3. The summed E-state index contributed by atoms with van der Waals surface area (Å²) in [5, 5.41) is 8.95. The Kier molecular flexibility index (Phi) is 6.20. The van der Waals surface area contributed by atoms with E-state index >= 15 is 0 Å². The summed E-state index contributed by atoms with van der Waals surface area (Å²) in [4.78, 5) is 11.4. The molecule has 0 aromatic carbocycles. The Balaban J connectivity index is 3.69. The molecule has 0 spiro atoms. The first-order valence-electron chi connectivity index (χ1n) is 5.03. The number of esters is 1. The van der Waals surface area contributed by atoms with Crippen molar-refractivity contribution in [1.29, 1.82) is 0 Å². The highest BCUT2D eigenvalue weighted by Crippen LogP contribution is 2.21. The van der Waals surface area contributed by atoms with Crippen molar-refractivity contribution in [1.82, 2.24) is 0 Å². The SMILES string of the molecule is C=CC(O)OCCOC(=O)C(C)(C)CC. The summed E-state index contributed by atoms with van der Waals surface area (Å²) in [6.45, 7) is 9.24. The topological polar surface area (TPSA) is 55.8 Å². The van der Waals surface area contributed by atoms with Gasteiger partial charge in [-0.1, -0.05) is 13.5 Å². The minimum atomic E-state index is -0.997. The average molecular weight is 216 g/mol. The quantitative estimate of drug-likeness (QED) is 0.303. The van der Waals surface area contributed by atoms with Gasteiger partial charge in [0.1, 0.15) is 6.61 Å². The Labute approximate surface area is 90.9 Å². The van der Waals surface area contributed by atoms with Gasteiger partial charge in [0.2, 0.25) is 0 Å². The van der Waals surface area contributed by atoms with Crippen molar-refractivity contribution >= 4 is 5.97 Å². The van der Waals surface area contributed by atoms with Crippen LogP contribution in [0, 0.1) is 5.41 Å². The zero-order chi connectivity index (χ0) is 11.9. The maximum atomic E-state index is 11.4. The zero-order valence-electron chi connectivity index (χ0n) is 9.66. The molecule has 4 nitrogen and oxygen atoms in total. The van der Waals surface area contributed by atoms with Crippen LogP contribution >= 0.6 is 0 Å². The highest BCUT2D eigenvalue weighted by atomic mass is 16.6. The number of aliphatic hydroxyl groups excluding tert-OH is 1. The van der Waals surface area contributed by atoms with Crippen LogP contribution in [-0.4, -0.2) is 30.6 Å². The Morgan fingerprint density at radius 2 is 2.13 bits per heavy atom. The summed E-state index contributed by atoms with van der Waals surface area (Å²) in [6.07, 6.45) is 0.989. The Hall–Kier alpha value is -0.870. The predicted octanol–water partition coefficient (Wildman–Crippen LogP) is 1.49. The van der Waals surface area contributed by atoms with Crippen LogP contribution in [0.4, 0.5) is 0 Å². The number of carbonyl (C=O) groups excluding carboxylic acids is 1. The largest absolute Gasteiger partial charge is 0.463 e. The van der Waals surface area contributed by atoms with Gasteiger partial charge < -0.3 is 14.6 Å². The lowest BCUT2D eigenvalue weighted by Gasteiger charge is -2.20. The van der Waals surface area contributed by atoms with E-state index in [2.05, 4.69) is 6.58 Å². The molecule has 1 atom stereocenters. The van der Waals surface area contributed by atoms with Crippen molar-refractivity contribution in [3.63, 3.8) is 0 Å². The van der Waals surface area contributed by atoms with Crippen molar-refractivity contribution in [2.75, 3.05) is 13.2 Å². The molecular weight excluding hydrogens is 196 g/mol. The van der Waals surface area contributed by atoms with Crippen LogP contribution in [0.25, 0.3) is 0 Å². The Morgan fingerprint density at radius 3 is 2.60 bits per heavy atom. The fraction of sp³-hybridized carbons (Fsp3) is 0.727. The van der Waals surface area contributed by atoms with Gasteiger partial charge in [0.15, 0.2) is 6.29 Å². The van der Waals surface area contributed by atoms with Crippen LogP contribution < -0.4 is 0 Å². The van der Waals surface area contributed by atoms with Crippen molar-refractivity contribution in [2.45, 2.75) is 33.5 Å². The number of rotatable bonds is 7. The van der Waals surface area contributed by atoms with Gasteiger partial charge in [-0.05, 0) is 26.3 Å². The number of aliphatic hydroxyl groups is 1. The van der Waals surface area contributed by atoms with E-state index in [9.17, 15) is 4.79 Å². The molecule has 4 heteroatoms. The summed E-state index contributed by atoms with van der Waals surface area (Å²) in [7, 11) is 0. The van der Waals surface area contributed by atoms with Gasteiger partial charge >= 0.3 is 5.97 Å². The van der Waals surface area contributed by atoms with Gasteiger partial charge in [0.25, 0.3) is 0 Å². The molecule has 0 bridgehead atoms. The molecule has 0 amide bonds. The van der Waals surface area contributed by atoms with E-state index in [-0.39, 0.29) is 19.2 Å². The van der Waals surface area contributed by atoms with E-state index in [1.807, 2.05) is 20.8 Å². The summed E-state index contributed by atoms with van der Waals surface area (Å²) >= 11 is 0. The number of ether oxygens (including phenoxy) is 2. The molecule has 0 aromatic heterocycles. The maximum absolute atomic E-state index is 11.4. The van der Waals surface area contributed by atoms with Crippen LogP contribution in [0.3, 0.4) is 0 Å². The molecule has 0 aliphatic carbocycles. The highest BCUT2D eigenvalue weighted by Gasteiger charge is 2.26. The molecule has 0 radical (unpaired) electrons. The van der Waals surface area contributed by atoms with Gasteiger partial charge in [-0.15, -0.1) is 0 Å². The van der Waals surface area contributed by atoms with Gasteiger partial charge in [-0.25, -0.2) is 0 Å². The molecule has 1 N–H and O–H groups in total. The first-order chi connectivity index (χ1) is 6.94. The van der Waals surface area contributed by atoms with E-state index in [0.29, 0.717) is 0 Å². The predicted molar refractivity (Wildman–Crippen MR) is 57.2 cm³/mol. The summed E-state index contributed by atoms with van der Waals surface area (Å²) < 4.78 is 9.83. The molecule has 15 heavy (non-hydrogen) atoms. The van der Waals surface area contributed by atoms with E-state index in [0.717, 1.165) is 6.42 Å². The zero-order valence-corrected chi connectivity index (χ0v) is 9.66. The van der Waals surface area contributed by atoms with E-state index in [1.165, 1.54) is 6.08 Å². The Morgan fingerprint density at radius 1 is 1.53 bits per heavy atom. The summed E-state index contributed by atoms with van der Waals surface area (Å²) in [5.41, 5.74) is -0.461. The fourth-order valence-corrected chi connectivity index (χ4v) is 0.711. The van der Waals surface area contributed by atoms with Crippen LogP contribution in [-0.2, 0) is 14.3 Å². The van der Waals surface area contributed by atoms with E-state index in [1.54, 1.807) is 0 Å². The third-order valence-electron chi connectivity index (χ3n) is 2.24. The van der Waals surface area contributed by atoms with Gasteiger partial charge in [-0.2, -0.15) is 0 Å². The standard InChI is InChI=1S/C11H20O4/c1-5-9(12)14-7-8-15-10(13)11(3,4)6-2/h5,9,12H,1,6-8H2,2-4H3. The first kappa shape index (κ1) is 14.1. The lowest BCUT2D eigenvalue weighted by atomic mass is 9.91. The minimum absolute atomic E-state index is 0.146. The van der Waals surface area contributed by atoms with Crippen molar-refractivity contribution < 1.29 is 19.4 Å². The van der Waals surface area contributed by atoms with Crippen molar-refractivity contribution in [3.05, 3.63) is 12.7 Å². The van der Waals surface area contributed by atoms with Crippen LogP contribution in [0.15, 0.2) is 12.7 Å². The number of carbonyl (C=O) groups is 1. The monoisotopic (exact) mass is 216 g/mol. The number of hydrogen-bond acceptors (Lipinski definition) is 4. The minimum Gasteiger partial charge on any atom is -0.463 e. The highest BCUT2D eigenvalue weighted by molar-refractivity contribution is 5.75. The second-order valence-corrected chi connectivity index (χ2v) is 3.87. The van der Waals surface area contributed by atoms with Gasteiger partial charge in [0.05, 0.1) is 12.0 Å². The van der Waals surface area contributed by atoms with Crippen LogP contribution in [0.5, 0.6) is 0 Å². The Bertz CT molecular complexity index is 211. The number of hydrogen-bond donors (Lipinski definition) is 1. The second-order valence-electron chi connectivity index (χ2n) is 3.87. The average Bonchev–Trinajstić information content (AvgIpc) is 2.23. The molecule has 88 valence electrons. The molecule has 0 fully saturated rings. The van der Waals surface area contributed by atoms with Gasteiger partial charge in [-0.3, -0.25) is 4.79 Å².